The summed E-state index contributed by atoms with van der Waals surface area (Å²) in [7, 11) is -3.60. The number of carbonyl (C=O) groups excluding carboxylic acids is 1. The second kappa shape index (κ2) is 8.12. The number of piperidine rings is 1. The van der Waals surface area contributed by atoms with Gasteiger partial charge in [-0.15, -0.1) is 11.3 Å². The molecule has 0 aliphatic carbocycles. The Kier molecular flexibility index (Phi) is 6.03. The molecule has 3 atom stereocenters. The van der Waals surface area contributed by atoms with Crippen LogP contribution in [0.1, 0.15) is 48.5 Å². The molecule has 3 rings (SSSR count). The van der Waals surface area contributed by atoms with Gasteiger partial charge in [0.25, 0.3) is 5.91 Å². The number of sulfonamides is 1. The molecule has 0 radical (unpaired) electrons. The maximum atomic E-state index is 13.1. The highest BCUT2D eigenvalue weighted by Gasteiger charge is 2.32. The van der Waals surface area contributed by atoms with Crippen molar-refractivity contribution in [1.29, 1.82) is 0 Å². The molecule has 2 aromatic rings. The molecular formula is C20H26N2O3S2. The summed E-state index contributed by atoms with van der Waals surface area (Å²) >= 11 is 1.58. The molecule has 0 unspecified atom stereocenters. The highest BCUT2D eigenvalue weighted by molar-refractivity contribution is 7.89. The van der Waals surface area contributed by atoms with E-state index in [9.17, 15) is 13.2 Å². The number of nitrogens with one attached hydrogen (secondary N) is 1. The third-order valence-electron chi connectivity index (χ3n) is 4.89. The SMILES string of the molecule is C[C@@H]1C[C@H](C)CN(S(=O)(=O)c2cccc(C(=O)N[C@H](C)c3cccs3)c2)C1. The van der Waals surface area contributed by atoms with Crippen LogP contribution in [-0.2, 0) is 10.0 Å². The zero-order valence-corrected chi connectivity index (χ0v) is 17.5. The Morgan fingerprint density at radius 3 is 2.52 bits per heavy atom. The minimum absolute atomic E-state index is 0.124. The fourth-order valence-electron chi connectivity index (χ4n) is 3.64. The van der Waals surface area contributed by atoms with E-state index in [4.69, 9.17) is 0 Å². The van der Waals surface area contributed by atoms with Crippen LogP contribution < -0.4 is 5.32 Å². The standard InChI is InChI=1S/C20H26N2O3S2/c1-14-10-15(2)13-22(12-14)27(24,25)18-7-4-6-17(11-18)20(23)21-16(3)19-8-5-9-26-19/h4-9,11,14-16H,10,12-13H2,1-3H3,(H,21,23)/t14-,15+,16-/m1/s1. The van der Waals surface area contributed by atoms with Gasteiger partial charge in [-0.05, 0) is 54.8 Å². The maximum absolute atomic E-state index is 13.1. The van der Waals surface area contributed by atoms with Crippen LogP contribution in [0.4, 0.5) is 0 Å². The van der Waals surface area contributed by atoms with Crippen molar-refractivity contribution in [3.8, 4) is 0 Å². The topological polar surface area (TPSA) is 66.5 Å². The fourth-order valence-corrected chi connectivity index (χ4v) is 6.10. The third kappa shape index (κ3) is 4.59. The molecule has 7 heteroatoms. The number of rotatable bonds is 5. The molecule has 1 aromatic heterocycles. The van der Waals surface area contributed by atoms with Crippen LogP contribution in [0.5, 0.6) is 0 Å². The summed E-state index contributed by atoms with van der Waals surface area (Å²) < 4.78 is 27.7. The van der Waals surface area contributed by atoms with Crippen LogP contribution in [0.15, 0.2) is 46.7 Å². The smallest absolute Gasteiger partial charge is 0.251 e. The van der Waals surface area contributed by atoms with Crippen LogP contribution in [0.3, 0.4) is 0 Å². The van der Waals surface area contributed by atoms with Crippen molar-refractivity contribution in [3.05, 3.63) is 52.2 Å². The zero-order valence-electron chi connectivity index (χ0n) is 15.9. The first kappa shape index (κ1) is 20.0. The predicted molar refractivity (Wildman–Crippen MR) is 108 cm³/mol. The lowest BCUT2D eigenvalue weighted by molar-refractivity contribution is 0.0940. The van der Waals surface area contributed by atoms with Gasteiger partial charge in [-0.3, -0.25) is 4.79 Å². The molecule has 0 spiro atoms. The molecule has 27 heavy (non-hydrogen) atoms. The number of amides is 1. The lowest BCUT2D eigenvalue weighted by Gasteiger charge is -2.34. The van der Waals surface area contributed by atoms with Gasteiger partial charge >= 0.3 is 0 Å². The predicted octanol–water partition coefficient (Wildman–Crippen LogP) is 3.91. The van der Waals surface area contributed by atoms with Gasteiger partial charge in [0.2, 0.25) is 10.0 Å². The Labute approximate surface area is 165 Å². The number of thiophene rings is 1. The van der Waals surface area contributed by atoms with Crippen LogP contribution in [0, 0.1) is 11.8 Å². The van der Waals surface area contributed by atoms with E-state index in [2.05, 4.69) is 19.2 Å². The van der Waals surface area contributed by atoms with E-state index in [1.54, 1.807) is 33.8 Å². The van der Waals surface area contributed by atoms with E-state index in [-0.39, 0.29) is 16.8 Å². The molecule has 1 fully saturated rings. The molecule has 1 aliphatic rings. The maximum Gasteiger partial charge on any atom is 0.251 e. The van der Waals surface area contributed by atoms with Crippen molar-refractivity contribution in [2.45, 2.75) is 38.1 Å². The van der Waals surface area contributed by atoms with Crippen molar-refractivity contribution in [1.82, 2.24) is 9.62 Å². The molecule has 1 aromatic carbocycles. The largest absolute Gasteiger partial charge is 0.345 e. The van der Waals surface area contributed by atoms with Crippen LogP contribution in [0.2, 0.25) is 0 Å². The van der Waals surface area contributed by atoms with Crippen molar-refractivity contribution in [2.75, 3.05) is 13.1 Å². The number of nitrogens with zero attached hydrogens (tertiary/aromatic N) is 1. The van der Waals surface area contributed by atoms with Crippen molar-refractivity contribution >= 4 is 27.3 Å². The lowest BCUT2D eigenvalue weighted by Crippen LogP contribution is -2.42. The second-order valence-electron chi connectivity index (χ2n) is 7.51. The molecule has 5 nitrogen and oxygen atoms in total. The number of hydrogen-bond acceptors (Lipinski definition) is 4. The zero-order chi connectivity index (χ0) is 19.6. The molecular weight excluding hydrogens is 380 g/mol. The van der Waals surface area contributed by atoms with E-state index in [1.165, 1.54) is 6.07 Å². The molecule has 1 amide bonds. The van der Waals surface area contributed by atoms with Gasteiger partial charge in [0, 0.05) is 23.5 Å². The Hall–Kier alpha value is -1.70. The highest BCUT2D eigenvalue weighted by atomic mass is 32.2. The van der Waals surface area contributed by atoms with Crippen LogP contribution in [0.25, 0.3) is 0 Å². The normalized spacial score (nSPS) is 22.3. The van der Waals surface area contributed by atoms with Crippen molar-refractivity contribution < 1.29 is 13.2 Å². The first-order valence-electron chi connectivity index (χ1n) is 9.22. The summed E-state index contributed by atoms with van der Waals surface area (Å²) in [5.74, 6) is 0.400. The summed E-state index contributed by atoms with van der Waals surface area (Å²) in [4.78, 5) is 13.8. The van der Waals surface area contributed by atoms with E-state index >= 15 is 0 Å². The van der Waals surface area contributed by atoms with Crippen LogP contribution >= 0.6 is 11.3 Å². The van der Waals surface area contributed by atoms with Crippen LogP contribution in [-0.4, -0.2) is 31.7 Å². The Morgan fingerprint density at radius 1 is 1.19 bits per heavy atom. The van der Waals surface area contributed by atoms with Gasteiger partial charge < -0.3 is 5.32 Å². The molecule has 0 bridgehead atoms. The summed E-state index contributed by atoms with van der Waals surface area (Å²) in [6.07, 6.45) is 1.04. The van der Waals surface area contributed by atoms with Gasteiger partial charge in [0.05, 0.1) is 10.9 Å². The van der Waals surface area contributed by atoms with E-state index in [1.807, 2.05) is 24.4 Å². The number of carbonyl (C=O) groups is 1. The molecule has 0 saturated carbocycles. The Morgan fingerprint density at radius 2 is 1.89 bits per heavy atom. The molecule has 1 saturated heterocycles. The molecule has 1 aliphatic heterocycles. The summed E-state index contributed by atoms with van der Waals surface area (Å²) in [6, 6.07) is 10.1. The van der Waals surface area contributed by atoms with E-state index in [0.29, 0.717) is 30.5 Å². The van der Waals surface area contributed by atoms with Gasteiger partial charge in [-0.2, -0.15) is 4.31 Å². The average Bonchev–Trinajstić information content (AvgIpc) is 3.16. The number of benzene rings is 1. The molecule has 146 valence electrons. The van der Waals surface area contributed by atoms with Gasteiger partial charge in [-0.25, -0.2) is 8.42 Å². The first-order valence-corrected chi connectivity index (χ1v) is 11.5. The average molecular weight is 407 g/mol. The monoisotopic (exact) mass is 406 g/mol. The van der Waals surface area contributed by atoms with Gasteiger partial charge in [-0.1, -0.05) is 26.0 Å². The summed E-state index contributed by atoms with van der Waals surface area (Å²) in [5, 5.41) is 4.90. The fraction of sp³-hybridized carbons (Fsp3) is 0.450. The molecule has 1 N–H and O–H groups in total. The van der Waals surface area contributed by atoms with Crippen molar-refractivity contribution in [2.24, 2.45) is 11.8 Å². The number of hydrogen-bond donors (Lipinski definition) is 1. The first-order chi connectivity index (χ1) is 12.8. The highest BCUT2D eigenvalue weighted by Crippen LogP contribution is 2.27. The minimum Gasteiger partial charge on any atom is -0.345 e. The third-order valence-corrected chi connectivity index (χ3v) is 7.77. The lowest BCUT2D eigenvalue weighted by atomic mass is 9.94. The quantitative estimate of drug-likeness (QED) is 0.819. The summed E-state index contributed by atoms with van der Waals surface area (Å²) in [5.41, 5.74) is 0.359. The molecule has 2 heterocycles. The van der Waals surface area contributed by atoms with Gasteiger partial charge in [0.1, 0.15) is 0 Å². The minimum atomic E-state index is -3.60. The van der Waals surface area contributed by atoms with Crippen molar-refractivity contribution in [3.63, 3.8) is 0 Å². The summed E-state index contributed by atoms with van der Waals surface area (Å²) in [6.45, 7) is 7.12. The second-order valence-corrected chi connectivity index (χ2v) is 10.4. The van der Waals surface area contributed by atoms with Gasteiger partial charge in [0.15, 0.2) is 0 Å². The Bertz CT molecular complexity index is 884. The van der Waals surface area contributed by atoms with E-state index in [0.717, 1.165) is 11.3 Å². The van der Waals surface area contributed by atoms with E-state index < -0.39 is 10.0 Å². The Balaban J connectivity index is 1.79.